The highest BCUT2D eigenvalue weighted by Crippen LogP contribution is 2.38. The summed E-state index contributed by atoms with van der Waals surface area (Å²) in [6, 6.07) is 0. The number of carbonyl (C=O) groups excluding carboxylic acids is 8. The van der Waals surface area contributed by atoms with Crippen molar-refractivity contribution in [1.29, 1.82) is 0 Å². The fourth-order valence-electron chi connectivity index (χ4n) is 5.87. The molecule has 0 heterocycles. The van der Waals surface area contributed by atoms with Gasteiger partial charge in [-0.1, -0.05) is 69.2 Å². The summed E-state index contributed by atoms with van der Waals surface area (Å²) in [5, 5.41) is 0. The lowest BCUT2D eigenvalue weighted by Crippen LogP contribution is -2.45. The molecule has 0 aromatic carbocycles. The third kappa shape index (κ3) is 17.1. The van der Waals surface area contributed by atoms with E-state index in [0.717, 1.165) is 0 Å². The first-order chi connectivity index (χ1) is 25.2. The highest BCUT2D eigenvalue weighted by molar-refractivity contribution is 6.06. The number of ether oxygens (including phenoxy) is 6. The maximum Gasteiger partial charge on any atom is 0.319 e. The summed E-state index contributed by atoms with van der Waals surface area (Å²) >= 11 is 0. The normalized spacial score (nSPS) is 12.0. The van der Waals surface area contributed by atoms with Crippen molar-refractivity contribution in [2.45, 2.75) is 146 Å². The molecule has 14 nitrogen and oxygen atoms in total. The van der Waals surface area contributed by atoms with E-state index in [0.29, 0.717) is 51.4 Å². The van der Waals surface area contributed by atoms with Gasteiger partial charge in [0.1, 0.15) is 50.5 Å². The van der Waals surface area contributed by atoms with Gasteiger partial charge in [-0.05, 0) is 51.4 Å². The van der Waals surface area contributed by atoms with Crippen LogP contribution in [0, 0.1) is 21.7 Å². The fourth-order valence-corrected chi connectivity index (χ4v) is 5.87. The second-order valence-electron chi connectivity index (χ2n) is 15.3. The molecule has 310 valence electrons. The number of unbranched alkanes of at least 4 members (excludes halogenated alkanes) is 2. The summed E-state index contributed by atoms with van der Waals surface area (Å²) < 4.78 is 30.9. The number of hydrogen-bond donors (Lipinski definition) is 0. The predicted octanol–water partition coefficient (Wildman–Crippen LogP) is 6.21. The van der Waals surface area contributed by atoms with Crippen molar-refractivity contribution in [3.05, 3.63) is 0 Å². The average molecular weight is 771 g/mol. The molecule has 0 atom stereocenters. The molecule has 0 aliphatic heterocycles. The van der Waals surface area contributed by atoms with Crippen LogP contribution in [0.1, 0.15) is 146 Å². The van der Waals surface area contributed by atoms with Gasteiger partial charge in [-0.2, -0.15) is 0 Å². The summed E-state index contributed by atoms with van der Waals surface area (Å²) in [5.74, 6) is -3.65. The third-order valence-electron chi connectivity index (χ3n) is 9.22. The lowest BCUT2D eigenvalue weighted by Gasteiger charge is -2.33. The molecule has 0 aliphatic carbocycles. The van der Waals surface area contributed by atoms with Gasteiger partial charge in [0.2, 0.25) is 0 Å². The molecule has 0 rings (SSSR count). The molecule has 0 amide bonds. The molecule has 0 saturated heterocycles. The van der Waals surface area contributed by atoms with E-state index < -0.39 is 57.5 Å². The Morgan fingerprint density at radius 1 is 0.352 bits per heavy atom. The summed E-state index contributed by atoms with van der Waals surface area (Å²) in [6.07, 6.45) is 2.96. The van der Waals surface area contributed by atoms with Crippen molar-refractivity contribution in [2.75, 3.05) is 39.6 Å². The maximum absolute atomic E-state index is 12.9. The van der Waals surface area contributed by atoms with Crippen molar-refractivity contribution in [2.24, 2.45) is 21.7 Å². The lowest BCUT2D eigenvalue weighted by molar-refractivity contribution is -0.167. The van der Waals surface area contributed by atoms with Gasteiger partial charge in [-0.3, -0.25) is 38.4 Å². The number of ketones is 2. The minimum atomic E-state index is -1.24. The van der Waals surface area contributed by atoms with Gasteiger partial charge < -0.3 is 28.4 Å². The molecule has 0 fully saturated rings. The molecule has 54 heavy (non-hydrogen) atoms. The number of Topliss-reactive ketones (excluding diaryl/α,β-unsaturated/α-hetero) is 2. The summed E-state index contributed by atoms with van der Waals surface area (Å²) in [7, 11) is 0. The highest BCUT2D eigenvalue weighted by atomic mass is 16.6. The Hall–Kier alpha value is -3.84. The number of esters is 6. The topological polar surface area (TPSA) is 192 Å². The molecule has 0 aromatic rings. The van der Waals surface area contributed by atoms with E-state index in [2.05, 4.69) is 0 Å². The Morgan fingerprint density at radius 3 is 0.741 bits per heavy atom. The predicted molar refractivity (Wildman–Crippen MR) is 198 cm³/mol. The summed E-state index contributed by atoms with van der Waals surface area (Å²) in [6.45, 7) is 16.8. The molecule has 0 aliphatic rings. The highest BCUT2D eigenvalue weighted by Gasteiger charge is 2.49. The quantitative estimate of drug-likeness (QED) is 0.0396. The van der Waals surface area contributed by atoms with Crippen LogP contribution in [0.5, 0.6) is 0 Å². The second kappa shape index (κ2) is 24.5. The van der Waals surface area contributed by atoms with Crippen molar-refractivity contribution < 1.29 is 66.8 Å². The van der Waals surface area contributed by atoms with Crippen LogP contribution in [-0.2, 0) is 66.8 Å². The molecule has 0 radical (unpaired) electrons. The summed E-state index contributed by atoms with van der Waals surface area (Å²) in [4.78, 5) is 99.3. The number of rotatable bonds is 27. The minimum Gasteiger partial charge on any atom is -0.462 e. The van der Waals surface area contributed by atoms with Crippen LogP contribution in [0.2, 0.25) is 0 Å². The zero-order valence-electron chi connectivity index (χ0n) is 34.4. The Morgan fingerprint density at radius 2 is 0.556 bits per heavy atom. The van der Waals surface area contributed by atoms with Gasteiger partial charge >= 0.3 is 35.8 Å². The van der Waals surface area contributed by atoms with Crippen LogP contribution in [-0.4, -0.2) is 87.0 Å². The smallest absolute Gasteiger partial charge is 0.319 e. The Kier molecular flexibility index (Phi) is 22.8. The van der Waals surface area contributed by atoms with Crippen LogP contribution in [0.3, 0.4) is 0 Å². The van der Waals surface area contributed by atoms with Crippen LogP contribution in [0.25, 0.3) is 0 Å². The number of hydrogen-bond acceptors (Lipinski definition) is 14. The number of carbonyl (C=O) groups is 8. The maximum atomic E-state index is 12.9. The van der Waals surface area contributed by atoms with Gasteiger partial charge in [0.15, 0.2) is 11.6 Å². The monoisotopic (exact) mass is 770 g/mol. The Bertz CT molecular complexity index is 1150. The van der Waals surface area contributed by atoms with Gasteiger partial charge in [-0.15, -0.1) is 0 Å². The molecule has 0 N–H and O–H groups in total. The first-order valence-corrected chi connectivity index (χ1v) is 19.2. The third-order valence-corrected chi connectivity index (χ3v) is 9.22. The molecular weight excluding hydrogens is 704 g/mol. The van der Waals surface area contributed by atoms with Gasteiger partial charge in [-0.25, -0.2) is 0 Å². The SMILES string of the molecule is CCC(CC)(C(=O)OCCOC(=O)CCCCC(=O)OCCOC(=O)CCCCC(=O)OCCOC(=O)C(CC)(CC)C(=O)C(C)(C)C)C(=O)C(C)(C)C. The van der Waals surface area contributed by atoms with Crippen molar-refractivity contribution in [3.8, 4) is 0 Å². The van der Waals surface area contributed by atoms with E-state index in [1.807, 2.05) is 0 Å². The van der Waals surface area contributed by atoms with Crippen molar-refractivity contribution in [3.63, 3.8) is 0 Å². The van der Waals surface area contributed by atoms with Gasteiger partial charge in [0, 0.05) is 36.5 Å². The molecule has 0 bridgehead atoms. The molecule has 14 heteroatoms. The van der Waals surface area contributed by atoms with Crippen LogP contribution < -0.4 is 0 Å². The first-order valence-electron chi connectivity index (χ1n) is 19.2. The zero-order chi connectivity index (χ0) is 41.6. The molecule has 0 saturated carbocycles. The van der Waals surface area contributed by atoms with Crippen LogP contribution in [0.4, 0.5) is 0 Å². The minimum absolute atomic E-state index is 0.0576. The Balaban J connectivity index is 4.07. The van der Waals surface area contributed by atoms with Crippen LogP contribution >= 0.6 is 0 Å². The Labute approximate surface area is 321 Å². The first kappa shape index (κ1) is 50.2. The summed E-state index contributed by atoms with van der Waals surface area (Å²) in [5.41, 5.74) is -3.90. The molecular formula is C40H66O14. The van der Waals surface area contributed by atoms with Crippen molar-refractivity contribution >= 4 is 47.4 Å². The van der Waals surface area contributed by atoms with Crippen molar-refractivity contribution in [1.82, 2.24) is 0 Å². The van der Waals surface area contributed by atoms with E-state index >= 15 is 0 Å². The van der Waals surface area contributed by atoms with E-state index in [4.69, 9.17) is 28.4 Å². The van der Waals surface area contributed by atoms with Gasteiger partial charge in [0.05, 0.1) is 0 Å². The average Bonchev–Trinajstić information content (AvgIpc) is 3.11. The largest absolute Gasteiger partial charge is 0.462 e. The molecule has 0 aromatic heterocycles. The lowest BCUT2D eigenvalue weighted by atomic mass is 9.69. The van der Waals surface area contributed by atoms with E-state index in [1.54, 1.807) is 69.2 Å². The second-order valence-corrected chi connectivity index (χ2v) is 15.3. The van der Waals surface area contributed by atoms with E-state index in [9.17, 15) is 38.4 Å². The molecule has 0 unspecified atom stereocenters. The van der Waals surface area contributed by atoms with E-state index in [1.165, 1.54) is 0 Å². The van der Waals surface area contributed by atoms with Crippen LogP contribution in [0.15, 0.2) is 0 Å². The molecule has 0 spiro atoms. The van der Waals surface area contributed by atoms with Gasteiger partial charge in [0.25, 0.3) is 0 Å². The standard InChI is InChI=1S/C40H66O14/c1-11-39(12-2,33(45)37(5,6)7)35(47)53-27-25-51-31(43)21-17-15-19-29(41)49-23-24-50-30(42)20-16-18-22-32(44)52-26-28-54-36(48)40(13-3,14-4)34(46)38(8,9)10/h11-28H2,1-10H3. The fraction of sp³-hybridized carbons (Fsp3) is 0.800. The van der Waals surface area contributed by atoms with E-state index in [-0.39, 0.29) is 76.9 Å². The zero-order valence-corrected chi connectivity index (χ0v) is 34.4.